The third-order valence-electron chi connectivity index (χ3n) is 3.22. The highest BCUT2D eigenvalue weighted by molar-refractivity contribution is 9.10. The van der Waals surface area contributed by atoms with Crippen LogP contribution in [0.5, 0.6) is 5.75 Å². The first-order valence-electron chi connectivity index (χ1n) is 6.46. The zero-order valence-corrected chi connectivity index (χ0v) is 12.2. The molecule has 3 N–H and O–H groups in total. The zero-order chi connectivity index (χ0) is 13.8. The second-order valence-electron chi connectivity index (χ2n) is 4.98. The van der Waals surface area contributed by atoms with Crippen LogP contribution in [0.2, 0.25) is 0 Å². The van der Waals surface area contributed by atoms with Crippen molar-refractivity contribution in [2.24, 2.45) is 11.7 Å². The number of halogens is 1. The molecule has 1 aliphatic carbocycles. The quantitative estimate of drug-likeness (QED) is 0.807. The average molecular weight is 328 g/mol. The monoisotopic (exact) mass is 327 g/mol. The maximum Gasteiger partial charge on any atom is 0.303 e. The van der Waals surface area contributed by atoms with E-state index in [1.54, 1.807) is 0 Å². The molecule has 5 heteroatoms. The van der Waals surface area contributed by atoms with Crippen LogP contribution < -0.4 is 10.5 Å². The van der Waals surface area contributed by atoms with Gasteiger partial charge in [0.05, 0.1) is 11.1 Å². The molecule has 1 fully saturated rings. The van der Waals surface area contributed by atoms with Gasteiger partial charge in [-0.1, -0.05) is 6.07 Å². The van der Waals surface area contributed by atoms with Gasteiger partial charge in [-0.05, 0) is 58.8 Å². The molecule has 0 radical (unpaired) electrons. The smallest absolute Gasteiger partial charge is 0.303 e. The Balaban J connectivity index is 1.94. The summed E-state index contributed by atoms with van der Waals surface area (Å²) in [7, 11) is 0. The summed E-state index contributed by atoms with van der Waals surface area (Å²) in [6, 6.07) is 5.45. The molecule has 1 aliphatic rings. The van der Waals surface area contributed by atoms with E-state index in [4.69, 9.17) is 15.6 Å². The van der Waals surface area contributed by atoms with Gasteiger partial charge in [0.2, 0.25) is 0 Å². The predicted octanol–water partition coefficient (Wildman–Crippen LogP) is 3.10. The van der Waals surface area contributed by atoms with Crippen molar-refractivity contribution < 1.29 is 14.6 Å². The van der Waals surface area contributed by atoms with Gasteiger partial charge in [-0.15, -0.1) is 0 Å². The fourth-order valence-electron chi connectivity index (χ4n) is 1.80. The van der Waals surface area contributed by atoms with Gasteiger partial charge in [0.15, 0.2) is 0 Å². The van der Waals surface area contributed by atoms with Gasteiger partial charge < -0.3 is 15.6 Å². The molecular formula is C14H18BrNO3. The Morgan fingerprint density at radius 2 is 2.26 bits per heavy atom. The van der Waals surface area contributed by atoms with Crippen LogP contribution in [0.3, 0.4) is 0 Å². The molecule has 1 aromatic carbocycles. The summed E-state index contributed by atoms with van der Waals surface area (Å²) < 4.78 is 6.58. The van der Waals surface area contributed by atoms with Crippen molar-refractivity contribution in [2.45, 2.75) is 31.7 Å². The minimum Gasteiger partial charge on any atom is -0.492 e. The Morgan fingerprint density at radius 1 is 1.53 bits per heavy atom. The van der Waals surface area contributed by atoms with E-state index in [-0.39, 0.29) is 12.5 Å². The molecule has 1 saturated carbocycles. The number of benzene rings is 1. The Kier molecular flexibility index (Phi) is 4.82. The zero-order valence-electron chi connectivity index (χ0n) is 10.6. The second-order valence-corrected chi connectivity index (χ2v) is 5.84. The Hall–Kier alpha value is -1.07. The fraction of sp³-hybridized carbons (Fsp3) is 0.500. The molecule has 4 nitrogen and oxygen atoms in total. The van der Waals surface area contributed by atoms with E-state index in [0.717, 1.165) is 22.4 Å². The summed E-state index contributed by atoms with van der Waals surface area (Å²) in [4.78, 5) is 10.5. The molecule has 0 aromatic heterocycles. The second kappa shape index (κ2) is 6.39. The van der Waals surface area contributed by atoms with Crippen LogP contribution in [0.1, 0.15) is 37.3 Å². The van der Waals surface area contributed by atoms with E-state index in [1.807, 2.05) is 18.2 Å². The number of carbonyl (C=O) groups is 1. The lowest BCUT2D eigenvalue weighted by atomic mass is 10.0. The van der Waals surface area contributed by atoms with Crippen LogP contribution in [-0.4, -0.2) is 17.7 Å². The minimum atomic E-state index is -0.820. The van der Waals surface area contributed by atoms with Gasteiger partial charge in [-0.25, -0.2) is 0 Å². The van der Waals surface area contributed by atoms with Gasteiger partial charge in [0, 0.05) is 12.5 Å². The summed E-state index contributed by atoms with van der Waals surface area (Å²) >= 11 is 3.47. The third kappa shape index (κ3) is 4.51. The van der Waals surface area contributed by atoms with E-state index in [0.29, 0.717) is 12.3 Å². The summed E-state index contributed by atoms with van der Waals surface area (Å²) in [5.74, 6) is 0.712. The molecule has 2 rings (SSSR count). The van der Waals surface area contributed by atoms with E-state index < -0.39 is 5.97 Å². The van der Waals surface area contributed by atoms with Gasteiger partial charge in [-0.2, -0.15) is 0 Å². The van der Waals surface area contributed by atoms with Crippen molar-refractivity contribution in [3.63, 3.8) is 0 Å². The van der Waals surface area contributed by atoms with Crippen LogP contribution in [0.4, 0.5) is 0 Å². The summed E-state index contributed by atoms with van der Waals surface area (Å²) in [5.41, 5.74) is 6.89. The topological polar surface area (TPSA) is 72.6 Å². The van der Waals surface area contributed by atoms with Gasteiger partial charge >= 0.3 is 5.97 Å². The third-order valence-corrected chi connectivity index (χ3v) is 3.84. The molecule has 19 heavy (non-hydrogen) atoms. The summed E-state index contributed by atoms with van der Waals surface area (Å²) in [6.07, 6.45) is 3.04. The number of nitrogens with two attached hydrogens (primary N) is 1. The van der Waals surface area contributed by atoms with E-state index in [1.165, 1.54) is 12.8 Å². The molecule has 1 unspecified atom stereocenters. The highest BCUT2D eigenvalue weighted by Gasteiger charge is 2.22. The number of hydrogen-bond acceptors (Lipinski definition) is 3. The predicted molar refractivity (Wildman–Crippen MR) is 76.2 cm³/mol. The van der Waals surface area contributed by atoms with Crippen molar-refractivity contribution in [1.29, 1.82) is 0 Å². The van der Waals surface area contributed by atoms with Crippen LogP contribution in [0, 0.1) is 5.92 Å². The number of aliphatic carboxylic acids is 1. The first kappa shape index (κ1) is 14.3. The molecular weight excluding hydrogens is 310 g/mol. The molecule has 0 spiro atoms. The van der Waals surface area contributed by atoms with Crippen LogP contribution >= 0.6 is 15.9 Å². The normalized spacial score (nSPS) is 16.1. The van der Waals surface area contributed by atoms with Crippen molar-refractivity contribution in [1.82, 2.24) is 0 Å². The van der Waals surface area contributed by atoms with Crippen molar-refractivity contribution in [3.05, 3.63) is 28.2 Å². The Labute approximate surface area is 121 Å². The number of ether oxygens (including phenoxy) is 1. The molecule has 1 atom stereocenters. The van der Waals surface area contributed by atoms with Crippen molar-refractivity contribution >= 4 is 21.9 Å². The molecule has 0 bridgehead atoms. The molecule has 1 aromatic rings. The minimum absolute atomic E-state index is 0.0821. The standard InChI is InChI=1S/C14H18BrNO3/c15-11-7-10(12(16)4-6-14(17)18)3-5-13(11)19-8-9-1-2-9/h3,5,7,9,12H,1-2,4,6,8,16H2,(H,17,18). The highest BCUT2D eigenvalue weighted by atomic mass is 79.9. The molecule has 0 aliphatic heterocycles. The lowest BCUT2D eigenvalue weighted by Crippen LogP contribution is -2.12. The molecule has 0 amide bonds. The van der Waals surface area contributed by atoms with E-state index >= 15 is 0 Å². The Bertz CT molecular complexity index is 460. The number of hydrogen-bond donors (Lipinski definition) is 2. The summed E-state index contributed by atoms with van der Waals surface area (Å²) in [6.45, 7) is 0.767. The van der Waals surface area contributed by atoms with E-state index in [9.17, 15) is 4.79 Å². The lowest BCUT2D eigenvalue weighted by molar-refractivity contribution is -0.137. The first-order chi connectivity index (χ1) is 9.06. The van der Waals surface area contributed by atoms with Crippen molar-refractivity contribution in [2.75, 3.05) is 6.61 Å². The molecule has 0 saturated heterocycles. The van der Waals surface area contributed by atoms with Crippen LogP contribution in [0.25, 0.3) is 0 Å². The van der Waals surface area contributed by atoms with Gasteiger partial charge in [-0.3, -0.25) is 4.79 Å². The highest BCUT2D eigenvalue weighted by Crippen LogP contribution is 2.33. The maximum absolute atomic E-state index is 10.5. The Morgan fingerprint density at radius 3 is 2.84 bits per heavy atom. The SMILES string of the molecule is NC(CCC(=O)O)c1ccc(OCC2CC2)c(Br)c1. The fourth-order valence-corrected chi connectivity index (χ4v) is 2.31. The van der Waals surface area contributed by atoms with Crippen LogP contribution in [0.15, 0.2) is 22.7 Å². The number of rotatable bonds is 7. The van der Waals surface area contributed by atoms with Crippen LogP contribution in [-0.2, 0) is 4.79 Å². The van der Waals surface area contributed by atoms with E-state index in [2.05, 4.69) is 15.9 Å². The first-order valence-corrected chi connectivity index (χ1v) is 7.25. The lowest BCUT2D eigenvalue weighted by Gasteiger charge is -2.13. The van der Waals surface area contributed by atoms with Gasteiger partial charge in [0.25, 0.3) is 0 Å². The average Bonchev–Trinajstić information content (AvgIpc) is 3.18. The number of carboxylic acid groups (broad SMARTS) is 1. The summed E-state index contributed by atoms with van der Waals surface area (Å²) in [5, 5.41) is 8.65. The maximum atomic E-state index is 10.5. The number of carboxylic acids is 1. The largest absolute Gasteiger partial charge is 0.492 e. The van der Waals surface area contributed by atoms with Crippen molar-refractivity contribution in [3.8, 4) is 5.75 Å². The molecule has 0 heterocycles. The molecule has 104 valence electrons. The van der Waals surface area contributed by atoms with Gasteiger partial charge in [0.1, 0.15) is 5.75 Å².